The lowest BCUT2D eigenvalue weighted by atomic mass is 10.2. The zero-order chi connectivity index (χ0) is 20.1. The first kappa shape index (κ1) is 20.9. The molecule has 0 bridgehead atoms. The van der Waals surface area contributed by atoms with Crippen LogP contribution in [-0.2, 0) is 19.0 Å². The average Bonchev–Trinajstić information content (AvgIpc) is 2.58. The van der Waals surface area contributed by atoms with Crippen molar-refractivity contribution in [2.24, 2.45) is 0 Å². The third-order valence-corrected chi connectivity index (χ3v) is 4.78. The Hall–Kier alpha value is -2.45. The van der Waals surface area contributed by atoms with Crippen LogP contribution in [0, 0.1) is 6.92 Å². The van der Waals surface area contributed by atoms with Crippen LogP contribution in [0.4, 0.5) is 10.5 Å². The highest BCUT2D eigenvalue weighted by molar-refractivity contribution is 7.86. The molecule has 7 nitrogen and oxygen atoms in total. The third-order valence-electron chi connectivity index (χ3n) is 3.45. The molecule has 0 aliphatic heterocycles. The predicted octanol–water partition coefficient (Wildman–Crippen LogP) is 3.54. The van der Waals surface area contributed by atoms with Gasteiger partial charge in [0, 0.05) is 12.4 Å². The first-order chi connectivity index (χ1) is 12.6. The van der Waals surface area contributed by atoms with E-state index >= 15 is 0 Å². The molecule has 2 rings (SSSR count). The number of carbonyl (C=O) groups is 1. The second kappa shape index (κ2) is 8.49. The Balaban J connectivity index is 2.09. The van der Waals surface area contributed by atoms with Gasteiger partial charge in [-0.15, -0.1) is 0 Å². The average molecular weight is 392 g/mol. The summed E-state index contributed by atoms with van der Waals surface area (Å²) in [5.74, 6) is 0. The lowest BCUT2D eigenvalue weighted by molar-refractivity contribution is 0.0575. The van der Waals surface area contributed by atoms with Gasteiger partial charge in [0.1, 0.15) is 5.60 Å². The van der Waals surface area contributed by atoms with Gasteiger partial charge in [0.2, 0.25) is 0 Å². The highest BCUT2D eigenvalue weighted by Crippen LogP contribution is 2.18. The summed E-state index contributed by atoms with van der Waals surface area (Å²) in [7, 11) is -3.91. The molecule has 0 saturated heterocycles. The molecular weight excluding hydrogens is 368 g/mol. The first-order valence-electron chi connectivity index (χ1n) is 8.45. The van der Waals surface area contributed by atoms with Gasteiger partial charge in [-0.25, -0.2) is 4.79 Å². The van der Waals surface area contributed by atoms with Crippen LogP contribution < -0.4 is 4.90 Å². The summed E-state index contributed by atoms with van der Waals surface area (Å²) >= 11 is 0. The van der Waals surface area contributed by atoms with Gasteiger partial charge >= 0.3 is 6.09 Å². The van der Waals surface area contributed by atoms with Crippen molar-refractivity contribution in [3.63, 3.8) is 0 Å². The molecule has 0 N–H and O–H groups in total. The summed E-state index contributed by atoms with van der Waals surface area (Å²) in [6.07, 6.45) is 2.48. The van der Waals surface area contributed by atoms with Crippen molar-refractivity contribution in [2.45, 2.75) is 38.2 Å². The van der Waals surface area contributed by atoms with Crippen LogP contribution in [0.3, 0.4) is 0 Å². The smallest absolute Gasteiger partial charge is 0.414 e. The number of rotatable bonds is 6. The van der Waals surface area contributed by atoms with Crippen molar-refractivity contribution in [3.8, 4) is 0 Å². The summed E-state index contributed by atoms with van der Waals surface area (Å²) in [4.78, 5) is 17.8. The Bertz CT molecular complexity index is 859. The number of amides is 1. The van der Waals surface area contributed by atoms with Gasteiger partial charge in [-0.05, 0) is 52.0 Å². The van der Waals surface area contributed by atoms with Gasteiger partial charge in [0.25, 0.3) is 10.1 Å². The first-order valence-corrected chi connectivity index (χ1v) is 9.86. The maximum atomic E-state index is 12.5. The van der Waals surface area contributed by atoms with Crippen molar-refractivity contribution in [3.05, 3.63) is 54.4 Å². The van der Waals surface area contributed by atoms with Crippen molar-refractivity contribution in [1.29, 1.82) is 0 Å². The van der Waals surface area contributed by atoms with E-state index in [4.69, 9.17) is 8.92 Å². The summed E-state index contributed by atoms with van der Waals surface area (Å²) in [5.41, 5.74) is 0.801. The lowest BCUT2D eigenvalue weighted by Gasteiger charge is -2.27. The van der Waals surface area contributed by atoms with Crippen molar-refractivity contribution in [1.82, 2.24) is 4.98 Å². The number of carbonyl (C=O) groups excluding carboxylic acids is 1. The van der Waals surface area contributed by atoms with Crippen LogP contribution in [-0.4, -0.2) is 38.2 Å². The number of anilines is 1. The van der Waals surface area contributed by atoms with Gasteiger partial charge in [-0.1, -0.05) is 17.7 Å². The molecule has 1 aromatic heterocycles. The second-order valence-electron chi connectivity index (χ2n) is 6.93. The summed E-state index contributed by atoms with van der Waals surface area (Å²) in [5, 5.41) is 0. The zero-order valence-corrected chi connectivity index (χ0v) is 16.7. The highest BCUT2D eigenvalue weighted by atomic mass is 32.2. The van der Waals surface area contributed by atoms with E-state index < -0.39 is 21.8 Å². The van der Waals surface area contributed by atoms with E-state index in [9.17, 15) is 13.2 Å². The molecule has 27 heavy (non-hydrogen) atoms. The van der Waals surface area contributed by atoms with Gasteiger partial charge in [0.05, 0.1) is 23.7 Å². The number of pyridine rings is 1. The molecule has 0 unspecified atom stereocenters. The van der Waals surface area contributed by atoms with E-state index in [0.717, 1.165) is 5.56 Å². The standard InChI is InChI=1S/C19H24N2O5S/c1-15-5-7-17(8-6-15)27(23,24)25-14-13-21(16-9-11-20-12-10-16)18(22)26-19(2,3)4/h5-12H,13-14H2,1-4H3. The van der Waals surface area contributed by atoms with Gasteiger partial charge in [0.15, 0.2) is 0 Å². The maximum absolute atomic E-state index is 12.5. The SMILES string of the molecule is Cc1ccc(S(=O)(=O)OCCN(C(=O)OC(C)(C)C)c2ccncc2)cc1. The van der Waals surface area contributed by atoms with E-state index in [-0.39, 0.29) is 18.0 Å². The number of benzene rings is 1. The Labute approximate surface area is 160 Å². The second-order valence-corrected chi connectivity index (χ2v) is 8.54. The van der Waals surface area contributed by atoms with Crippen LogP contribution in [0.5, 0.6) is 0 Å². The molecule has 1 aromatic carbocycles. The number of aryl methyl sites for hydroxylation is 1. The van der Waals surface area contributed by atoms with Crippen LogP contribution in [0.15, 0.2) is 53.7 Å². The topological polar surface area (TPSA) is 85.8 Å². The summed E-state index contributed by atoms with van der Waals surface area (Å²) in [6.45, 7) is 6.93. The fourth-order valence-corrected chi connectivity index (χ4v) is 3.08. The fraction of sp³-hybridized carbons (Fsp3) is 0.368. The van der Waals surface area contributed by atoms with Crippen LogP contribution in [0.2, 0.25) is 0 Å². The number of ether oxygens (including phenoxy) is 1. The molecule has 0 aliphatic carbocycles. The van der Waals surface area contributed by atoms with E-state index in [1.165, 1.54) is 29.4 Å². The zero-order valence-electron chi connectivity index (χ0n) is 15.9. The minimum absolute atomic E-state index is 0.00399. The Kier molecular flexibility index (Phi) is 6.56. The van der Waals surface area contributed by atoms with Gasteiger partial charge < -0.3 is 4.74 Å². The fourth-order valence-electron chi connectivity index (χ4n) is 2.18. The Morgan fingerprint density at radius 2 is 1.67 bits per heavy atom. The molecule has 8 heteroatoms. The molecule has 146 valence electrons. The quantitative estimate of drug-likeness (QED) is 0.699. The Morgan fingerprint density at radius 3 is 2.22 bits per heavy atom. The van der Waals surface area contributed by atoms with Crippen molar-refractivity contribution in [2.75, 3.05) is 18.1 Å². The summed E-state index contributed by atoms with van der Waals surface area (Å²) in [6, 6.07) is 9.63. The minimum atomic E-state index is -3.91. The normalized spacial score (nSPS) is 11.9. The largest absolute Gasteiger partial charge is 0.443 e. The molecule has 0 fully saturated rings. The molecule has 0 saturated carbocycles. The number of hydrogen-bond donors (Lipinski definition) is 0. The van der Waals surface area contributed by atoms with E-state index in [2.05, 4.69) is 4.98 Å². The van der Waals surface area contributed by atoms with Crippen LogP contribution in [0.1, 0.15) is 26.3 Å². The van der Waals surface area contributed by atoms with Crippen molar-refractivity contribution < 1.29 is 22.1 Å². The van der Waals surface area contributed by atoms with E-state index in [1.54, 1.807) is 45.0 Å². The Morgan fingerprint density at radius 1 is 1.07 bits per heavy atom. The molecule has 2 aromatic rings. The monoisotopic (exact) mass is 392 g/mol. The molecule has 0 radical (unpaired) electrons. The van der Waals surface area contributed by atoms with Crippen LogP contribution in [0.25, 0.3) is 0 Å². The molecular formula is C19H24N2O5S. The summed E-state index contributed by atoms with van der Waals surface area (Å²) < 4.78 is 35.1. The minimum Gasteiger partial charge on any atom is -0.443 e. The van der Waals surface area contributed by atoms with Crippen LogP contribution >= 0.6 is 0 Å². The van der Waals surface area contributed by atoms with E-state index in [1.807, 2.05) is 6.92 Å². The molecule has 1 heterocycles. The third kappa shape index (κ3) is 6.33. The van der Waals surface area contributed by atoms with Gasteiger partial charge in [-0.3, -0.25) is 14.1 Å². The molecule has 0 aliphatic rings. The molecule has 1 amide bonds. The number of nitrogens with zero attached hydrogens (tertiary/aromatic N) is 2. The molecule has 0 spiro atoms. The maximum Gasteiger partial charge on any atom is 0.414 e. The number of hydrogen-bond acceptors (Lipinski definition) is 6. The number of aromatic nitrogens is 1. The van der Waals surface area contributed by atoms with E-state index in [0.29, 0.717) is 5.69 Å². The lowest BCUT2D eigenvalue weighted by Crippen LogP contribution is -2.39. The van der Waals surface area contributed by atoms with Gasteiger partial charge in [-0.2, -0.15) is 8.42 Å². The highest BCUT2D eigenvalue weighted by Gasteiger charge is 2.24. The predicted molar refractivity (Wildman–Crippen MR) is 102 cm³/mol. The van der Waals surface area contributed by atoms with Crippen molar-refractivity contribution >= 4 is 21.9 Å². The molecule has 0 atom stereocenters.